The van der Waals surface area contributed by atoms with Crippen LogP contribution in [0.5, 0.6) is 0 Å². The van der Waals surface area contributed by atoms with Crippen molar-refractivity contribution in [2.24, 2.45) is 10.9 Å². The van der Waals surface area contributed by atoms with Crippen LogP contribution in [0.15, 0.2) is 10.4 Å². The average Bonchev–Trinajstić information content (AvgIpc) is 3.08. The van der Waals surface area contributed by atoms with Crippen molar-refractivity contribution in [2.45, 2.75) is 59.4 Å². The fourth-order valence-corrected chi connectivity index (χ4v) is 3.79. The SMILES string of the molecule is CCNC(=NCc1csc(C(C)(C)C)n1)N1CCC(C(=O)OCC)CC1.I. The molecule has 1 N–H and O–H groups in total. The molecule has 2 rings (SSSR count). The van der Waals surface area contributed by atoms with Gasteiger partial charge in [-0.25, -0.2) is 9.98 Å². The minimum absolute atomic E-state index is 0. The third-order valence-corrected chi connectivity index (χ3v) is 5.65. The van der Waals surface area contributed by atoms with E-state index in [4.69, 9.17) is 14.7 Å². The first-order chi connectivity index (χ1) is 12.3. The fraction of sp³-hybridized carbons (Fsp3) is 0.737. The van der Waals surface area contributed by atoms with Gasteiger partial charge < -0.3 is 15.0 Å². The van der Waals surface area contributed by atoms with Gasteiger partial charge in [0.2, 0.25) is 0 Å². The Kier molecular flexibility index (Phi) is 10.0. The number of likely N-dealkylation sites (tertiary alicyclic amines) is 1. The van der Waals surface area contributed by atoms with E-state index in [1.165, 1.54) is 0 Å². The number of aliphatic imine (C=N–C) groups is 1. The molecule has 1 aliphatic rings. The lowest BCUT2D eigenvalue weighted by molar-refractivity contribution is -0.149. The quantitative estimate of drug-likeness (QED) is 0.284. The molecule has 0 amide bonds. The average molecular weight is 508 g/mol. The number of aromatic nitrogens is 1. The number of carbonyl (C=O) groups excluding carboxylic acids is 1. The van der Waals surface area contributed by atoms with Crippen molar-refractivity contribution in [1.82, 2.24) is 15.2 Å². The van der Waals surface area contributed by atoms with E-state index in [1.807, 2.05) is 6.92 Å². The van der Waals surface area contributed by atoms with Gasteiger partial charge in [-0.3, -0.25) is 4.79 Å². The Morgan fingerprint density at radius 3 is 2.56 bits per heavy atom. The van der Waals surface area contributed by atoms with Gasteiger partial charge in [0.25, 0.3) is 0 Å². The number of rotatable bonds is 5. The number of guanidine groups is 1. The van der Waals surface area contributed by atoms with Crippen LogP contribution in [0.1, 0.15) is 58.2 Å². The number of carbonyl (C=O) groups is 1. The molecule has 0 aliphatic carbocycles. The second-order valence-electron chi connectivity index (χ2n) is 7.58. The highest BCUT2D eigenvalue weighted by molar-refractivity contribution is 14.0. The first-order valence-electron chi connectivity index (χ1n) is 9.50. The van der Waals surface area contributed by atoms with Crippen molar-refractivity contribution in [1.29, 1.82) is 0 Å². The van der Waals surface area contributed by atoms with Crippen molar-refractivity contribution in [3.05, 3.63) is 16.1 Å². The highest BCUT2D eigenvalue weighted by atomic mass is 127. The molecule has 1 saturated heterocycles. The van der Waals surface area contributed by atoms with Crippen molar-refractivity contribution in [3.8, 4) is 0 Å². The Balaban J connectivity index is 0.00000364. The van der Waals surface area contributed by atoms with Gasteiger partial charge in [-0.05, 0) is 26.7 Å². The molecule has 0 aromatic carbocycles. The summed E-state index contributed by atoms with van der Waals surface area (Å²) in [4.78, 5) is 23.6. The summed E-state index contributed by atoms with van der Waals surface area (Å²) in [7, 11) is 0. The molecule has 0 spiro atoms. The Bertz CT molecular complexity index is 619. The van der Waals surface area contributed by atoms with E-state index in [1.54, 1.807) is 11.3 Å². The van der Waals surface area contributed by atoms with Gasteiger partial charge in [0, 0.05) is 30.4 Å². The summed E-state index contributed by atoms with van der Waals surface area (Å²) in [6.45, 7) is 13.9. The standard InChI is InChI=1S/C19H32N4O2S.HI/c1-6-20-18(21-12-15-13-26-17(22-15)19(3,4)5)23-10-8-14(9-11-23)16(24)25-7-2;/h13-14H,6-12H2,1-5H3,(H,20,21);1H. The van der Waals surface area contributed by atoms with Crippen LogP contribution in [0, 0.1) is 5.92 Å². The van der Waals surface area contributed by atoms with Crippen molar-refractivity contribution >= 4 is 47.2 Å². The van der Waals surface area contributed by atoms with Crippen molar-refractivity contribution < 1.29 is 9.53 Å². The molecular weight excluding hydrogens is 475 g/mol. The van der Waals surface area contributed by atoms with E-state index in [-0.39, 0.29) is 41.3 Å². The van der Waals surface area contributed by atoms with Gasteiger partial charge in [0.15, 0.2) is 5.96 Å². The molecule has 0 saturated carbocycles. The summed E-state index contributed by atoms with van der Waals surface area (Å²) in [6, 6.07) is 0. The number of esters is 1. The molecule has 1 fully saturated rings. The second-order valence-corrected chi connectivity index (χ2v) is 8.44. The minimum atomic E-state index is -0.0636. The number of piperidine rings is 1. The van der Waals surface area contributed by atoms with Crippen molar-refractivity contribution in [3.63, 3.8) is 0 Å². The van der Waals surface area contributed by atoms with Crippen LogP contribution in [-0.4, -0.2) is 48.1 Å². The van der Waals surface area contributed by atoms with E-state index in [0.29, 0.717) is 13.2 Å². The molecular formula is C19H33IN4O2S. The zero-order valence-electron chi connectivity index (χ0n) is 17.1. The maximum Gasteiger partial charge on any atom is 0.309 e. The van der Waals surface area contributed by atoms with Crippen molar-refractivity contribution in [2.75, 3.05) is 26.2 Å². The van der Waals surface area contributed by atoms with Crippen LogP contribution < -0.4 is 5.32 Å². The predicted octanol–water partition coefficient (Wildman–Crippen LogP) is 3.80. The zero-order chi connectivity index (χ0) is 19.2. The fourth-order valence-electron chi connectivity index (χ4n) is 2.89. The number of nitrogens with one attached hydrogen (secondary N) is 1. The highest BCUT2D eigenvalue weighted by Crippen LogP contribution is 2.26. The molecule has 0 bridgehead atoms. The Labute approximate surface area is 184 Å². The summed E-state index contributed by atoms with van der Waals surface area (Å²) in [5.74, 6) is 0.855. The molecule has 0 unspecified atom stereocenters. The number of hydrogen-bond acceptors (Lipinski definition) is 5. The van der Waals surface area contributed by atoms with E-state index in [9.17, 15) is 4.79 Å². The molecule has 1 aromatic rings. The molecule has 6 nitrogen and oxygen atoms in total. The van der Waals surface area contributed by atoms with E-state index in [0.717, 1.165) is 49.1 Å². The normalized spacial score (nSPS) is 16.0. The summed E-state index contributed by atoms with van der Waals surface area (Å²) >= 11 is 1.70. The first-order valence-corrected chi connectivity index (χ1v) is 10.4. The third kappa shape index (κ3) is 7.21. The summed E-state index contributed by atoms with van der Waals surface area (Å²) in [5, 5.41) is 6.60. The topological polar surface area (TPSA) is 66.8 Å². The summed E-state index contributed by atoms with van der Waals surface area (Å²) in [6.07, 6.45) is 1.63. The summed E-state index contributed by atoms with van der Waals surface area (Å²) < 4.78 is 5.15. The predicted molar refractivity (Wildman–Crippen MR) is 122 cm³/mol. The monoisotopic (exact) mass is 508 g/mol. The number of nitrogens with zero attached hydrogens (tertiary/aromatic N) is 3. The minimum Gasteiger partial charge on any atom is -0.466 e. The molecule has 154 valence electrons. The van der Waals surface area contributed by atoms with Crippen LogP contribution in [0.25, 0.3) is 0 Å². The number of halogens is 1. The van der Waals surface area contributed by atoms with Gasteiger partial charge >= 0.3 is 5.97 Å². The molecule has 1 aliphatic heterocycles. The zero-order valence-corrected chi connectivity index (χ0v) is 20.2. The van der Waals surface area contributed by atoms with E-state index < -0.39 is 0 Å². The van der Waals surface area contributed by atoms with Gasteiger partial charge in [-0.2, -0.15) is 0 Å². The van der Waals surface area contributed by atoms with Gasteiger partial charge in [-0.15, -0.1) is 35.3 Å². The van der Waals surface area contributed by atoms with Gasteiger partial charge in [0.05, 0.1) is 29.8 Å². The van der Waals surface area contributed by atoms with Crippen LogP contribution in [0.2, 0.25) is 0 Å². The van der Waals surface area contributed by atoms with Gasteiger partial charge in [-0.1, -0.05) is 20.8 Å². The molecule has 8 heteroatoms. The molecule has 2 heterocycles. The lowest BCUT2D eigenvalue weighted by Crippen LogP contribution is -2.46. The van der Waals surface area contributed by atoms with Crippen LogP contribution in [0.4, 0.5) is 0 Å². The van der Waals surface area contributed by atoms with Crippen LogP contribution in [-0.2, 0) is 21.5 Å². The number of hydrogen-bond donors (Lipinski definition) is 1. The first kappa shape index (κ1) is 24.1. The number of thiazole rings is 1. The molecule has 27 heavy (non-hydrogen) atoms. The lowest BCUT2D eigenvalue weighted by atomic mass is 9.97. The van der Waals surface area contributed by atoms with Crippen LogP contribution in [0.3, 0.4) is 0 Å². The molecule has 0 atom stereocenters. The van der Waals surface area contributed by atoms with E-state index >= 15 is 0 Å². The van der Waals surface area contributed by atoms with Crippen LogP contribution >= 0.6 is 35.3 Å². The smallest absolute Gasteiger partial charge is 0.309 e. The maximum atomic E-state index is 11.9. The number of ether oxygens (including phenoxy) is 1. The Hall–Kier alpha value is -0.900. The third-order valence-electron chi connectivity index (χ3n) is 4.33. The lowest BCUT2D eigenvalue weighted by Gasteiger charge is -2.33. The highest BCUT2D eigenvalue weighted by Gasteiger charge is 2.27. The van der Waals surface area contributed by atoms with Gasteiger partial charge in [0.1, 0.15) is 0 Å². The molecule has 1 aromatic heterocycles. The largest absolute Gasteiger partial charge is 0.466 e. The Morgan fingerprint density at radius 1 is 1.37 bits per heavy atom. The Morgan fingerprint density at radius 2 is 2.04 bits per heavy atom. The summed E-state index contributed by atoms with van der Waals surface area (Å²) in [5.41, 5.74) is 1.09. The van der Waals surface area contributed by atoms with E-state index in [2.05, 4.69) is 43.3 Å². The molecule has 0 radical (unpaired) electrons. The maximum absolute atomic E-state index is 11.9. The second kappa shape index (κ2) is 11.2.